The lowest BCUT2D eigenvalue weighted by molar-refractivity contribution is -0.138. The van der Waals surface area contributed by atoms with Crippen molar-refractivity contribution in [2.45, 2.75) is 39.7 Å². The summed E-state index contributed by atoms with van der Waals surface area (Å²) in [5, 5.41) is 9.15. The minimum absolute atomic E-state index is 0.00237. The van der Waals surface area contributed by atoms with E-state index in [1.165, 1.54) is 0 Å². The van der Waals surface area contributed by atoms with Crippen molar-refractivity contribution in [3.8, 4) is 0 Å². The molecule has 0 bridgehead atoms. The largest absolute Gasteiger partial charge is 0.394 e. The second-order valence-electron chi connectivity index (χ2n) is 5.61. The number of amides is 1. The molecule has 0 aliphatic heterocycles. The van der Waals surface area contributed by atoms with Crippen LogP contribution in [0.5, 0.6) is 0 Å². The van der Waals surface area contributed by atoms with Crippen LogP contribution in [0.1, 0.15) is 34.1 Å². The number of nitrogens with zero attached hydrogens (tertiary/aromatic N) is 1. The summed E-state index contributed by atoms with van der Waals surface area (Å²) >= 11 is 0. The first-order valence-electron chi connectivity index (χ1n) is 5.11. The molecule has 0 saturated heterocycles. The van der Waals surface area contributed by atoms with Gasteiger partial charge in [0, 0.05) is 13.0 Å². The number of likely N-dealkylation sites (N-methyl/N-ethyl adjacent to an activating group) is 1. The maximum absolute atomic E-state index is 11.9. The summed E-state index contributed by atoms with van der Waals surface area (Å²) < 4.78 is 0. The molecule has 1 N–H and O–H groups in total. The molecule has 0 aromatic carbocycles. The van der Waals surface area contributed by atoms with Gasteiger partial charge in [-0.15, -0.1) is 0 Å². The molecule has 1 atom stereocenters. The minimum atomic E-state index is -0.449. The fourth-order valence-corrected chi connectivity index (χ4v) is 1.53. The number of hydrogen-bond donors (Lipinski definition) is 1. The number of aliphatic hydroxyl groups is 1. The number of rotatable bonds is 3. The molecule has 1 fully saturated rings. The van der Waals surface area contributed by atoms with Gasteiger partial charge in [-0.1, -0.05) is 13.8 Å². The molecular formula is C11H21NO2. The zero-order valence-corrected chi connectivity index (χ0v) is 9.79. The Hall–Kier alpha value is -0.570. The molecule has 0 spiro atoms. The molecule has 0 radical (unpaired) electrons. The Labute approximate surface area is 86.1 Å². The third-order valence-corrected chi connectivity index (χ3v) is 3.44. The maximum atomic E-state index is 11.9. The third kappa shape index (κ3) is 1.92. The van der Waals surface area contributed by atoms with Crippen LogP contribution in [0.15, 0.2) is 0 Å². The Morgan fingerprint density at radius 1 is 1.57 bits per heavy atom. The van der Waals surface area contributed by atoms with E-state index in [1.807, 2.05) is 13.8 Å². The van der Waals surface area contributed by atoms with Crippen LogP contribution in [0.25, 0.3) is 0 Å². The van der Waals surface area contributed by atoms with Crippen molar-refractivity contribution in [2.24, 2.45) is 11.3 Å². The molecule has 1 aliphatic rings. The van der Waals surface area contributed by atoms with E-state index in [1.54, 1.807) is 11.9 Å². The van der Waals surface area contributed by atoms with Crippen molar-refractivity contribution in [1.82, 2.24) is 4.90 Å². The highest BCUT2D eigenvalue weighted by Crippen LogP contribution is 2.52. The molecule has 0 heterocycles. The molecule has 3 heteroatoms. The van der Waals surface area contributed by atoms with Gasteiger partial charge in [0.2, 0.25) is 5.91 Å². The predicted octanol–water partition coefficient (Wildman–Crippen LogP) is 1.26. The van der Waals surface area contributed by atoms with Crippen molar-refractivity contribution in [3.05, 3.63) is 0 Å². The summed E-state index contributed by atoms with van der Waals surface area (Å²) in [5.74, 6) is 0.312. The van der Waals surface area contributed by atoms with Crippen LogP contribution in [0.3, 0.4) is 0 Å². The predicted molar refractivity (Wildman–Crippen MR) is 55.8 cm³/mol. The highest BCUT2D eigenvalue weighted by molar-refractivity contribution is 5.82. The standard InChI is InChI=1S/C11H21NO2/c1-10(2)6-8(10)9(14)12(5)11(3,4)7-13/h8,13H,6-7H2,1-5H3. The molecule has 14 heavy (non-hydrogen) atoms. The Morgan fingerprint density at radius 2 is 2.00 bits per heavy atom. The van der Waals surface area contributed by atoms with Crippen LogP contribution < -0.4 is 0 Å². The highest BCUT2D eigenvalue weighted by atomic mass is 16.3. The number of carbonyl (C=O) groups is 1. The van der Waals surface area contributed by atoms with Gasteiger partial charge in [-0.05, 0) is 25.7 Å². The smallest absolute Gasteiger partial charge is 0.226 e. The molecule has 82 valence electrons. The molecule has 3 nitrogen and oxygen atoms in total. The first kappa shape index (κ1) is 11.5. The maximum Gasteiger partial charge on any atom is 0.226 e. The molecular weight excluding hydrogens is 178 g/mol. The van der Waals surface area contributed by atoms with E-state index in [0.717, 1.165) is 6.42 Å². The first-order valence-corrected chi connectivity index (χ1v) is 5.11. The van der Waals surface area contributed by atoms with Crippen LogP contribution >= 0.6 is 0 Å². The molecule has 1 aliphatic carbocycles. The monoisotopic (exact) mass is 199 g/mol. The highest BCUT2D eigenvalue weighted by Gasteiger charge is 2.52. The lowest BCUT2D eigenvalue weighted by Gasteiger charge is -2.34. The van der Waals surface area contributed by atoms with Gasteiger partial charge in [-0.2, -0.15) is 0 Å². The molecule has 0 aromatic heterocycles. The van der Waals surface area contributed by atoms with Crippen LogP contribution in [0.2, 0.25) is 0 Å². The van der Waals surface area contributed by atoms with Crippen molar-refractivity contribution in [3.63, 3.8) is 0 Å². The van der Waals surface area contributed by atoms with E-state index in [0.29, 0.717) is 0 Å². The van der Waals surface area contributed by atoms with Crippen LogP contribution in [0, 0.1) is 11.3 Å². The van der Waals surface area contributed by atoms with E-state index < -0.39 is 5.54 Å². The third-order valence-electron chi connectivity index (χ3n) is 3.44. The summed E-state index contributed by atoms with van der Waals surface area (Å²) in [6.07, 6.45) is 0.970. The van der Waals surface area contributed by atoms with Crippen molar-refractivity contribution < 1.29 is 9.90 Å². The van der Waals surface area contributed by atoms with E-state index in [-0.39, 0.29) is 23.8 Å². The van der Waals surface area contributed by atoms with Gasteiger partial charge in [-0.25, -0.2) is 0 Å². The van der Waals surface area contributed by atoms with Gasteiger partial charge in [0.15, 0.2) is 0 Å². The van der Waals surface area contributed by atoms with E-state index in [4.69, 9.17) is 5.11 Å². The van der Waals surface area contributed by atoms with Gasteiger partial charge in [0.1, 0.15) is 0 Å². The second kappa shape index (κ2) is 3.23. The Bertz CT molecular complexity index is 246. The lowest BCUT2D eigenvalue weighted by atomic mass is 10.0. The van der Waals surface area contributed by atoms with Crippen molar-refractivity contribution in [2.75, 3.05) is 13.7 Å². The molecule has 0 aromatic rings. The van der Waals surface area contributed by atoms with Gasteiger partial charge in [-0.3, -0.25) is 4.79 Å². The zero-order valence-electron chi connectivity index (χ0n) is 9.79. The molecule has 1 saturated carbocycles. The summed E-state index contributed by atoms with van der Waals surface area (Å²) in [6, 6.07) is 0. The SMILES string of the molecule is CN(C(=O)C1CC1(C)C)C(C)(C)CO. The molecule has 1 amide bonds. The van der Waals surface area contributed by atoms with Gasteiger partial charge in [0.25, 0.3) is 0 Å². The van der Waals surface area contributed by atoms with E-state index in [2.05, 4.69) is 13.8 Å². The van der Waals surface area contributed by atoms with Crippen LogP contribution in [-0.4, -0.2) is 35.1 Å². The average molecular weight is 199 g/mol. The van der Waals surface area contributed by atoms with Gasteiger partial charge in [0.05, 0.1) is 12.1 Å². The summed E-state index contributed by atoms with van der Waals surface area (Å²) in [7, 11) is 1.77. The second-order valence-corrected chi connectivity index (χ2v) is 5.61. The minimum Gasteiger partial charge on any atom is -0.394 e. The van der Waals surface area contributed by atoms with E-state index in [9.17, 15) is 4.79 Å². The lowest BCUT2D eigenvalue weighted by Crippen LogP contribution is -2.48. The zero-order chi connectivity index (χ0) is 11.1. The van der Waals surface area contributed by atoms with Crippen LogP contribution in [0.4, 0.5) is 0 Å². The molecule has 1 rings (SSSR count). The Kier molecular flexibility index (Phi) is 2.65. The van der Waals surface area contributed by atoms with E-state index >= 15 is 0 Å². The van der Waals surface area contributed by atoms with Crippen molar-refractivity contribution in [1.29, 1.82) is 0 Å². The van der Waals surface area contributed by atoms with Gasteiger partial charge < -0.3 is 10.0 Å². The number of aliphatic hydroxyl groups excluding tert-OH is 1. The quantitative estimate of drug-likeness (QED) is 0.743. The Balaban J connectivity index is 2.63. The van der Waals surface area contributed by atoms with Gasteiger partial charge >= 0.3 is 0 Å². The summed E-state index contributed by atoms with van der Waals surface area (Å²) in [5.41, 5.74) is -0.285. The fourth-order valence-electron chi connectivity index (χ4n) is 1.53. The fraction of sp³-hybridized carbons (Fsp3) is 0.909. The molecule has 1 unspecified atom stereocenters. The first-order chi connectivity index (χ1) is 6.22. The number of carbonyl (C=O) groups excluding carboxylic acids is 1. The van der Waals surface area contributed by atoms with Crippen LogP contribution in [-0.2, 0) is 4.79 Å². The average Bonchev–Trinajstić information content (AvgIpc) is 2.72. The van der Waals surface area contributed by atoms with Crippen molar-refractivity contribution >= 4 is 5.91 Å². The Morgan fingerprint density at radius 3 is 2.29 bits per heavy atom. The number of hydrogen-bond acceptors (Lipinski definition) is 2. The normalized spacial score (nSPS) is 24.6. The summed E-state index contributed by atoms with van der Waals surface area (Å²) in [6.45, 7) is 7.97. The summed E-state index contributed by atoms with van der Waals surface area (Å²) in [4.78, 5) is 13.6. The topological polar surface area (TPSA) is 40.5 Å².